The van der Waals surface area contributed by atoms with Crippen LogP contribution in [0.4, 0.5) is 0 Å². The van der Waals surface area contributed by atoms with Crippen LogP contribution in [-0.2, 0) is 10.0 Å². The molecule has 0 saturated carbocycles. The van der Waals surface area contributed by atoms with Crippen LogP contribution in [0.15, 0.2) is 0 Å². The van der Waals surface area contributed by atoms with Crippen LogP contribution in [0.5, 0.6) is 0 Å². The van der Waals surface area contributed by atoms with E-state index in [0.29, 0.717) is 12.8 Å². The minimum absolute atomic E-state index is 0.139. The first-order chi connectivity index (χ1) is 6.52. The molecule has 5 heteroatoms. The van der Waals surface area contributed by atoms with Gasteiger partial charge < -0.3 is 5.11 Å². The Morgan fingerprint density at radius 2 is 1.93 bits per heavy atom. The van der Waals surface area contributed by atoms with Crippen molar-refractivity contribution < 1.29 is 13.5 Å². The molecule has 0 aromatic heterocycles. The van der Waals surface area contributed by atoms with Crippen LogP contribution in [0.1, 0.15) is 39.5 Å². The zero-order valence-electron chi connectivity index (χ0n) is 8.99. The number of unbranched alkanes of at least 4 members (excludes halogenated alkanes) is 1. The maximum atomic E-state index is 11.3. The molecule has 0 aliphatic heterocycles. The van der Waals surface area contributed by atoms with E-state index < -0.39 is 16.1 Å². The lowest BCUT2D eigenvalue weighted by molar-refractivity contribution is 0.167. The Kier molecular flexibility index (Phi) is 7.13. The van der Waals surface area contributed by atoms with Gasteiger partial charge in [-0.3, -0.25) is 0 Å². The molecule has 0 unspecified atom stereocenters. The van der Waals surface area contributed by atoms with E-state index in [1.165, 1.54) is 0 Å². The Morgan fingerprint density at radius 3 is 2.43 bits per heavy atom. The van der Waals surface area contributed by atoms with E-state index in [1.54, 1.807) is 0 Å². The quantitative estimate of drug-likeness (QED) is 0.641. The lowest BCUT2D eigenvalue weighted by Gasteiger charge is -2.10. The molecule has 1 atom stereocenters. The lowest BCUT2D eigenvalue weighted by Crippen LogP contribution is -2.33. The first-order valence-electron chi connectivity index (χ1n) is 5.17. The first-order valence-corrected chi connectivity index (χ1v) is 6.82. The van der Waals surface area contributed by atoms with Gasteiger partial charge in [0, 0.05) is 6.54 Å². The molecule has 0 saturated heterocycles. The molecular formula is C9H21NO3S. The summed E-state index contributed by atoms with van der Waals surface area (Å²) in [5.41, 5.74) is 0. The van der Waals surface area contributed by atoms with Crippen LogP contribution in [0, 0.1) is 0 Å². The highest BCUT2D eigenvalue weighted by Crippen LogP contribution is 1.97. The molecule has 0 aliphatic carbocycles. The zero-order chi connectivity index (χ0) is 11.0. The number of aliphatic hydroxyl groups excluding tert-OH is 1. The van der Waals surface area contributed by atoms with Crippen molar-refractivity contribution in [3.05, 3.63) is 0 Å². The molecule has 0 heterocycles. The van der Waals surface area contributed by atoms with Crippen molar-refractivity contribution in [2.24, 2.45) is 0 Å². The minimum Gasteiger partial charge on any atom is -0.392 e. The van der Waals surface area contributed by atoms with E-state index in [-0.39, 0.29) is 12.3 Å². The van der Waals surface area contributed by atoms with Gasteiger partial charge in [0.1, 0.15) is 0 Å². The fourth-order valence-electron chi connectivity index (χ4n) is 1.06. The van der Waals surface area contributed by atoms with Gasteiger partial charge in [-0.05, 0) is 12.8 Å². The summed E-state index contributed by atoms with van der Waals surface area (Å²) in [6.07, 6.45) is 2.46. The second-order valence-electron chi connectivity index (χ2n) is 3.46. The molecule has 0 amide bonds. The number of sulfonamides is 1. The van der Waals surface area contributed by atoms with Gasteiger partial charge in [0.2, 0.25) is 10.0 Å². The van der Waals surface area contributed by atoms with Gasteiger partial charge >= 0.3 is 0 Å². The SMILES string of the molecule is CCCCS(=O)(=O)NC[C@@H](O)CCC. The third-order valence-corrected chi connectivity index (χ3v) is 3.36. The summed E-state index contributed by atoms with van der Waals surface area (Å²) in [6, 6.07) is 0. The summed E-state index contributed by atoms with van der Waals surface area (Å²) in [4.78, 5) is 0. The molecule has 2 N–H and O–H groups in total. The highest BCUT2D eigenvalue weighted by atomic mass is 32.2. The van der Waals surface area contributed by atoms with Crippen LogP contribution in [-0.4, -0.2) is 31.9 Å². The maximum Gasteiger partial charge on any atom is 0.211 e. The average molecular weight is 223 g/mol. The molecule has 0 bridgehead atoms. The van der Waals surface area contributed by atoms with E-state index in [0.717, 1.165) is 12.8 Å². The zero-order valence-corrected chi connectivity index (χ0v) is 9.81. The van der Waals surface area contributed by atoms with Gasteiger partial charge in [-0.25, -0.2) is 13.1 Å². The van der Waals surface area contributed by atoms with Crippen LogP contribution in [0.2, 0.25) is 0 Å². The van der Waals surface area contributed by atoms with Crippen molar-refractivity contribution in [1.82, 2.24) is 4.72 Å². The fourth-order valence-corrected chi connectivity index (χ4v) is 2.32. The predicted octanol–water partition coefficient (Wildman–Crippen LogP) is 0.867. The number of rotatable bonds is 8. The molecule has 0 rings (SSSR count). The molecule has 0 spiro atoms. The van der Waals surface area contributed by atoms with Crippen LogP contribution >= 0.6 is 0 Å². The van der Waals surface area contributed by atoms with Gasteiger partial charge in [-0.15, -0.1) is 0 Å². The molecule has 4 nitrogen and oxygen atoms in total. The maximum absolute atomic E-state index is 11.3. The third kappa shape index (κ3) is 7.29. The smallest absolute Gasteiger partial charge is 0.211 e. The molecule has 86 valence electrons. The van der Waals surface area contributed by atoms with Crippen molar-refractivity contribution in [3.63, 3.8) is 0 Å². The monoisotopic (exact) mass is 223 g/mol. The summed E-state index contributed by atoms with van der Waals surface area (Å²) in [5, 5.41) is 9.31. The molecule has 0 fully saturated rings. The molecule has 0 aromatic carbocycles. The first kappa shape index (κ1) is 13.9. The summed E-state index contributed by atoms with van der Waals surface area (Å²) < 4.78 is 25.0. The van der Waals surface area contributed by atoms with Crippen molar-refractivity contribution in [2.75, 3.05) is 12.3 Å². The average Bonchev–Trinajstić information content (AvgIpc) is 2.13. The second kappa shape index (κ2) is 7.20. The van der Waals surface area contributed by atoms with Crippen molar-refractivity contribution in [3.8, 4) is 0 Å². The van der Waals surface area contributed by atoms with Gasteiger partial charge in [0.15, 0.2) is 0 Å². The molecule has 0 radical (unpaired) electrons. The number of hydrogen-bond acceptors (Lipinski definition) is 3. The third-order valence-electron chi connectivity index (χ3n) is 1.93. The molecule has 0 aromatic rings. The highest BCUT2D eigenvalue weighted by Gasteiger charge is 2.11. The van der Waals surface area contributed by atoms with E-state index in [2.05, 4.69) is 4.72 Å². The van der Waals surface area contributed by atoms with Gasteiger partial charge in [0.05, 0.1) is 11.9 Å². The van der Waals surface area contributed by atoms with Crippen LogP contribution in [0.3, 0.4) is 0 Å². The Balaban J connectivity index is 3.75. The highest BCUT2D eigenvalue weighted by molar-refractivity contribution is 7.89. The Hall–Kier alpha value is -0.130. The van der Waals surface area contributed by atoms with Crippen LogP contribution in [0.25, 0.3) is 0 Å². The summed E-state index contributed by atoms with van der Waals surface area (Å²) in [5.74, 6) is 0.155. The Bertz CT molecular complexity index is 226. The summed E-state index contributed by atoms with van der Waals surface area (Å²) in [7, 11) is -3.17. The van der Waals surface area contributed by atoms with E-state index in [1.807, 2.05) is 13.8 Å². The number of aliphatic hydroxyl groups is 1. The second-order valence-corrected chi connectivity index (χ2v) is 5.39. The normalized spacial score (nSPS) is 14.2. The minimum atomic E-state index is -3.17. The van der Waals surface area contributed by atoms with E-state index >= 15 is 0 Å². The van der Waals surface area contributed by atoms with Crippen molar-refractivity contribution in [2.45, 2.75) is 45.6 Å². The van der Waals surface area contributed by atoms with E-state index in [9.17, 15) is 13.5 Å². The van der Waals surface area contributed by atoms with Crippen molar-refractivity contribution >= 4 is 10.0 Å². The summed E-state index contributed by atoms with van der Waals surface area (Å²) in [6.45, 7) is 4.04. The van der Waals surface area contributed by atoms with Gasteiger partial charge in [0.25, 0.3) is 0 Å². The topological polar surface area (TPSA) is 66.4 Å². The number of nitrogens with one attached hydrogen (secondary N) is 1. The van der Waals surface area contributed by atoms with Crippen molar-refractivity contribution in [1.29, 1.82) is 0 Å². The predicted molar refractivity (Wildman–Crippen MR) is 57.6 cm³/mol. The van der Waals surface area contributed by atoms with Gasteiger partial charge in [-0.1, -0.05) is 26.7 Å². The summed E-state index contributed by atoms with van der Waals surface area (Å²) >= 11 is 0. The fraction of sp³-hybridized carbons (Fsp3) is 1.00. The molecule has 0 aliphatic rings. The standard InChI is InChI=1S/C9H21NO3S/c1-3-5-7-14(12,13)10-8-9(11)6-4-2/h9-11H,3-8H2,1-2H3/t9-/m0/s1. The van der Waals surface area contributed by atoms with Gasteiger partial charge in [-0.2, -0.15) is 0 Å². The Labute approximate surface area is 86.8 Å². The molecule has 14 heavy (non-hydrogen) atoms. The molecular weight excluding hydrogens is 202 g/mol. The van der Waals surface area contributed by atoms with Crippen LogP contribution < -0.4 is 4.72 Å². The lowest BCUT2D eigenvalue weighted by atomic mass is 10.2. The largest absolute Gasteiger partial charge is 0.392 e. The Morgan fingerprint density at radius 1 is 1.29 bits per heavy atom. The van der Waals surface area contributed by atoms with E-state index in [4.69, 9.17) is 0 Å². The number of hydrogen-bond donors (Lipinski definition) is 2.